The van der Waals surface area contributed by atoms with Crippen molar-refractivity contribution in [1.29, 1.82) is 0 Å². The molecule has 8 heteroatoms. The van der Waals surface area contributed by atoms with Crippen LogP contribution in [-0.4, -0.2) is 25.3 Å². The zero-order valence-electron chi connectivity index (χ0n) is 15.0. The Balaban J connectivity index is 1.71. The Morgan fingerprint density at radius 1 is 1.19 bits per heavy atom. The van der Waals surface area contributed by atoms with Gasteiger partial charge in [-0.05, 0) is 48.6 Å². The highest BCUT2D eigenvalue weighted by molar-refractivity contribution is 7.92. The molecular weight excluding hydrogens is 382 g/mol. The minimum Gasteiger partial charge on any atom is -0.497 e. The Kier molecular flexibility index (Phi) is 4.92. The third-order valence-corrected chi connectivity index (χ3v) is 7.04. The SMILES string of the molecule is COc1ccc(NS(=O)(=O)c2cn(C3CCCC3)nc2-c2cccs2)cc1. The van der Waals surface area contributed by atoms with Gasteiger partial charge in [-0.25, -0.2) is 8.42 Å². The molecule has 3 aromatic rings. The molecule has 0 atom stereocenters. The number of sulfonamides is 1. The summed E-state index contributed by atoms with van der Waals surface area (Å²) in [6, 6.07) is 10.9. The summed E-state index contributed by atoms with van der Waals surface area (Å²) < 4.78 is 35.8. The predicted octanol–water partition coefficient (Wildman–Crippen LogP) is 4.54. The molecule has 2 heterocycles. The topological polar surface area (TPSA) is 73.2 Å². The van der Waals surface area contributed by atoms with Gasteiger partial charge >= 0.3 is 0 Å². The molecule has 2 aromatic heterocycles. The first-order valence-electron chi connectivity index (χ1n) is 8.87. The van der Waals surface area contributed by atoms with Gasteiger partial charge in [0.2, 0.25) is 0 Å². The summed E-state index contributed by atoms with van der Waals surface area (Å²) >= 11 is 1.49. The Morgan fingerprint density at radius 2 is 1.93 bits per heavy atom. The Labute approximate surface area is 162 Å². The van der Waals surface area contributed by atoms with Gasteiger partial charge in [-0.1, -0.05) is 18.9 Å². The number of ether oxygens (including phenoxy) is 1. The maximum absolute atomic E-state index is 13.1. The van der Waals surface area contributed by atoms with E-state index in [0.717, 1.165) is 30.6 Å². The van der Waals surface area contributed by atoms with Gasteiger partial charge in [-0.2, -0.15) is 5.10 Å². The standard InChI is InChI=1S/C19H21N3O3S2/c1-25-16-10-8-14(9-11-16)21-27(23,24)18-13-22(15-5-2-3-6-15)20-19(18)17-7-4-12-26-17/h4,7-13,15,21H,2-3,5-6H2,1H3. The lowest BCUT2D eigenvalue weighted by atomic mass is 10.3. The smallest absolute Gasteiger partial charge is 0.265 e. The van der Waals surface area contributed by atoms with E-state index in [1.807, 2.05) is 22.2 Å². The van der Waals surface area contributed by atoms with Crippen LogP contribution in [0.3, 0.4) is 0 Å². The van der Waals surface area contributed by atoms with E-state index in [1.54, 1.807) is 37.6 Å². The van der Waals surface area contributed by atoms with E-state index in [-0.39, 0.29) is 10.9 Å². The zero-order valence-corrected chi connectivity index (χ0v) is 16.6. The second-order valence-electron chi connectivity index (χ2n) is 6.57. The average molecular weight is 404 g/mol. The second-order valence-corrected chi connectivity index (χ2v) is 9.17. The van der Waals surface area contributed by atoms with Crippen molar-refractivity contribution in [3.8, 4) is 16.3 Å². The summed E-state index contributed by atoms with van der Waals surface area (Å²) in [5.74, 6) is 0.672. The van der Waals surface area contributed by atoms with Crippen LogP contribution >= 0.6 is 11.3 Å². The third kappa shape index (κ3) is 3.72. The van der Waals surface area contributed by atoms with Crippen molar-refractivity contribution in [2.24, 2.45) is 0 Å². The number of benzene rings is 1. The van der Waals surface area contributed by atoms with E-state index < -0.39 is 10.0 Å². The summed E-state index contributed by atoms with van der Waals surface area (Å²) in [5.41, 5.74) is 0.999. The quantitative estimate of drug-likeness (QED) is 0.656. The molecule has 1 saturated carbocycles. The summed E-state index contributed by atoms with van der Waals surface area (Å²) in [5, 5.41) is 6.59. The number of aromatic nitrogens is 2. The van der Waals surface area contributed by atoms with Gasteiger partial charge in [0.05, 0.1) is 18.0 Å². The Bertz CT molecular complexity index is 1000. The molecule has 0 aliphatic heterocycles. The van der Waals surface area contributed by atoms with Crippen molar-refractivity contribution in [1.82, 2.24) is 9.78 Å². The van der Waals surface area contributed by atoms with Crippen LogP contribution in [0.15, 0.2) is 52.9 Å². The minimum absolute atomic E-state index is 0.215. The first kappa shape index (κ1) is 18.1. The van der Waals surface area contributed by atoms with Crippen molar-refractivity contribution >= 4 is 27.0 Å². The fraction of sp³-hybridized carbons (Fsp3) is 0.316. The molecule has 0 saturated heterocycles. The third-order valence-electron chi connectivity index (χ3n) is 4.78. The number of nitrogens with zero attached hydrogens (tertiary/aromatic N) is 2. The van der Waals surface area contributed by atoms with E-state index >= 15 is 0 Å². The van der Waals surface area contributed by atoms with Crippen LogP contribution in [0.2, 0.25) is 0 Å². The van der Waals surface area contributed by atoms with Crippen LogP contribution in [0, 0.1) is 0 Å². The van der Waals surface area contributed by atoms with Crippen molar-refractivity contribution in [3.63, 3.8) is 0 Å². The number of anilines is 1. The zero-order chi connectivity index (χ0) is 18.9. The molecule has 0 spiro atoms. The highest BCUT2D eigenvalue weighted by Gasteiger charge is 2.27. The number of hydrogen-bond donors (Lipinski definition) is 1. The van der Waals surface area contributed by atoms with Crippen molar-refractivity contribution in [2.45, 2.75) is 36.6 Å². The molecule has 1 aliphatic rings. The van der Waals surface area contributed by atoms with E-state index in [2.05, 4.69) is 9.82 Å². The summed E-state index contributed by atoms with van der Waals surface area (Å²) in [7, 11) is -2.19. The second kappa shape index (κ2) is 7.36. The van der Waals surface area contributed by atoms with Crippen LogP contribution in [0.25, 0.3) is 10.6 Å². The summed E-state index contributed by atoms with van der Waals surface area (Å²) in [6.45, 7) is 0. The number of methoxy groups -OCH3 is 1. The van der Waals surface area contributed by atoms with Gasteiger partial charge in [-0.15, -0.1) is 11.3 Å². The highest BCUT2D eigenvalue weighted by atomic mass is 32.2. The van der Waals surface area contributed by atoms with Crippen molar-refractivity contribution < 1.29 is 13.2 Å². The lowest BCUT2D eigenvalue weighted by molar-refractivity contribution is 0.415. The fourth-order valence-corrected chi connectivity index (χ4v) is 5.38. The van der Waals surface area contributed by atoms with Crippen LogP contribution < -0.4 is 9.46 Å². The first-order chi connectivity index (χ1) is 13.1. The molecule has 0 bridgehead atoms. The Morgan fingerprint density at radius 3 is 2.56 bits per heavy atom. The van der Waals surface area contributed by atoms with Crippen LogP contribution in [-0.2, 0) is 10.0 Å². The average Bonchev–Trinajstić information content (AvgIpc) is 3.41. The van der Waals surface area contributed by atoms with Gasteiger partial charge in [-0.3, -0.25) is 9.40 Å². The van der Waals surface area contributed by atoms with Crippen LogP contribution in [0.1, 0.15) is 31.7 Å². The van der Waals surface area contributed by atoms with Crippen LogP contribution in [0.5, 0.6) is 5.75 Å². The van der Waals surface area contributed by atoms with Gasteiger partial charge in [0, 0.05) is 11.9 Å². The summed E-state index contributed by atoms with van der Waals surface area (Å²) in [4.78, 5) is 1.06. The van der Waals surface area contributed by atoms with Gasteiger partial charge in [0.1, 0.15) is 16.3 Å². The molecule has 1 fully saturated rings. The first-order valence-corrected chi connectivity index (χ1v) is 11.2. The molecular formula is C19H21N3O3S2. The van der Waals surface area contributed by atoms with Crippen molar-refractivity contribution in [3.05, 3.63) is 48.0 Å². The maximum Gasteiger partial charge on any atom is 0.265 e. The van der Waals surface area contributed by atoms with Gasteiger partial charge in [0.25, 0.3) is 10.0 Å². The predicted molar refractivity (Wildman–Crippen MR) is 107 cm³/mol. The van der Waals surface area contributed by atoms with Crippen LogP contribution in [0.4, 0.5) is 5.69 Å². The molecule has 0 radical (unpaired) electrons. The minimum atomic E-state index is -3.77. The van der Waals surface area contributed by atoms with E-state index in [0.29, 0.717) is 17.1 Å². The van der Waals surface area contributed by atoms with E-state index in [1.165, 1.54) is 11.3 Å². The molecule has 1 N–H and O–H groups in total. The summed E-state index contributed by atoms with van der Waals surface area (Å²) in [6.07, 6.45) is 6.07. The maximum atomic E-state index is 13.1. The van der Waals surface area contributed by atoms with Gasteiger partial charge < -0.3 is 4.74 Å². The normalized spacial score (nSPS) is 15.1. The number of nitrogens with one attached hydrogen (secondary N) is 1. The Hall–Kier alpha value is -2.32. The number of hydrogen-bond acceptors (Lipinski definition) is 5. The lowest BCUT2D eigenvalue weighted by Crippen LogP contribution is -2.13. The van der Waals surface area contributed by atoms with E-state index in [9.17, 15) is 8.42 Å². The molecule has 27 heavy (non-hydrogen) atoms. The molecule has 1 aromatic carbocycles. The highest BCUT2D eigenvalue weighted by Crippen LogP contribution is 2.35. The monoisotopic (exact) mass is 403 g/mol. The molecule has 0 unspecified atom stereocenters. The number of thiophene rings is 1. The molecule has 1 aliphatic carbocycles. The van der Waals surface area contributed by atoms with Crippen molar-refractivity contribution in [2.75, 3.05) is 11.8 Å². The fourth-order valence-electron chi connectivity index (χ4n) is 3.38. The molecule has 4 rings (SSSR count). The largest absolute Gasteiger partial charge is 0.497 e. The molecule has 142 valence electrons. The van der Waals surface area contributed by atoms with Gasteiger partial charge in [0.15, 0.2) is 0 Å². The molecule has 0 amide bonds. The molecule has 6 nitrogen and oxygen atoms in total. The number of rotatable bonds is 6. The van der Waals surface area contributed by atoms with E-state index in [4.69, 9.17) is 4.74 Å². The lowest BCUT2D eigenvalue weighted by Gasteiger charge is -2.09.